The zero-order chi connectivity index (χ0) is 12.1. The van der Waals surface area contributed by atoms with Crippen molar-refractivity contribution in [3.63, 3.8) is 0 Å². The summed E-state index contributed by atoms with van der Waals surface area (Å²) in [7, 11) is -3.60. The van der Waals surface area contributed by atoms with Crippen LogP contribution in [-0.4, -0.2) is 32.6 Å². The smallest absolute Gasteiger partial charge is 0.245 e. The highest BCUT2D eigenvalue weighted by Gasteiger charge is 2.36. The van der Waals surface area contributed by atoms with Crippen molar-refractivity contribution in [2.45, 2.75) is 33.1 Å². The van der Waals surface area contributed by atoms with Crippen LogP contribution in [-0.2, 0) is 4.12 Å². The predicted octanol–water partition coefficient (Wildman–Crippen LogP) is 1.60. The van der Waals surface area contributed by atoms with Crippen LogP contribution >= 0.6 is 22.9 Å². The maximum atomic E-state index is 5.95. The molecule has 7 heteroatoms. The number of nitrogens with one attached hydrogen (secondary N) is 2. The van der Waals surface area contributed by atoms with Gasteiger partial charge in [-0.25, -0.2) is 0 Å². The van der Waals surface area contributed by atoms with Crippen LogP contribution in [0, 0.1) is 0 Å². The first-order valence-corrected chi connectivity index (χ1v) is 13.9. The van der Waals surface area contributed by atoms with E-state index in [2.05, 4.69) is 70.7 Å². The fourth-order valence-electron chi connectivity index (χ4n) is 1.50. The van der Waals surface area contributed by atoms with E-state index in [1.54, 1.807) is 0 Å². The third-order valence-corrected chi connectivity index (χ3v) is 15.0. The van der Waals surface area contributed by atoms with E-state index in [-0.39, 0.29) is 9.76 Å². The molecule has 0 aromatic heterocycles. The Bertz CT molecular complexity index is 228. The second-order valence-corrected chi connectivity index (χ2v) is 14.9. The Morgan fingerprint density at radius 3 is 2.33 bits per heavy atom. The van der Waals surface area contributed by atoms with Gasteiger partial charge in [0.1, 0.15) is 9.76 Å². The predicted molar refractivity (Wildman–Crippen MR) is 84.6 cm³/mol. The molecule has 0 radical (unpaired) electrons. The van der Waals surface area contributed by atoms with Crippen LogP contribution in [0.3, 0.4) is 0 Å². The molecule has 3 nitrogen and oxygen atoms in total. The van der Waals surface area contributed by atoms with E-state index in [4.69, 9.17) is 4.12 Å². The molecule has 0 saturated carbocycles. The van der Waals surface area contributed by atoms with E-state index < -0.39 is 16.7 Å². The quantitative estimate of drug-likeness (QED) is 0.403. The largest absolute Gasteiger partial charge is 0.451 e. The second-order valence-electron chi connectivity index (χ2n) is 4.49. The Kier molecular flexibility index (Phi) is 7.11. The molecule has 90 valence electrons. The standard InChI is InChI=1S/C8H23IN2OSi3/c1-8(2)15(6,7-10-9)11-14(4,5)12-13-3/h10-11H,1,7,13H2,2-6H3. The van der Waals surface area contributed by atoms with Gasteiger partial charge in [-0.2, -0.15) is 0 Å². The Balaban J connectivity index is 4.60. The average Bonchev–Trinajstić information content (AvgIpc) is 2.02. The van der Waals surface area contributed by atoms with Gasteiger partial charge in [0.05, 0.1) is 0 Å². The Labute approximate surface area is 112 Å². The summed E-state index contributed by atoms with van der Waals surface area (Å²) in [5.41, 5.74) is 0. The molecule has 0 heterocycles. The molecule has 0 amide bonds. The summed E-state index contributed by atoms with van der Waals surface area (Å²) in [6, 6.07) is 0. The van der Waals surface area contributed by atoms with Gasteiger partial charge in [-0.15, -0.1) is 6.58 Å². The van der Waals surface area contributed by atoms with Crippen LogP contribution in [0.1, 0.15) is 6.92 Å². The highest BCUT2D eigenvalue weighted by Crippen LogP contribution is 2.13. The lowest BCUT2D eigenvalue weighted by Gasteiger charge is -2.36. The maximum absolute atomic E-state index is 5.95. The molecule has 0 fully saturated rings. The molecule has 0 aliphatic rings. The zero-order valence-corrected chi connectivity index (χ0v) is 16.0. The second kappa shape index (κ2) is 6.67. The van der Waals surface area contributed by atoms with Crippen molar-refractivity contribution >= 4 is 49.3 Å². The van der Waals surface area contributed by atoms with Crippen LogP contribution in [0.15, 0.2) is 11.8 Å². The van der Waals surface area contributed by atoms with Crippen LogP contribution in [0.4, 0.5) is 0 Å². The van der Waals surface area contributed by atoms with Crippen molar-refractivity contribution in [1.29, 1.82) is 0 Å². The van der Waals surface area contributed by atoms with E-state index in [1.165, 1.54) is 5.20 Å². The lowest BCUT2D eigenvalue weighted by molar-refractivity contribution is 0.584. The van der Waals surface area contributed by atoms with Crippen LogP contribution < -0.4 is 8.18 Å². The summed E-state index contributed by atoms with van der Waals surface area (Å²) in [6.07, 6.45) is 1.01. The van der Waals surface area contributed by atoms with Crippen LogP contribution in [0.25, 0.3) is 0 Å². The van der Waals surface area contributed by atoms with Crippen LogP contribution in [0.5, 0.6) is 0 Å². The van der Waals surface area contributed by atoms with E-state index in [9.17, 15) is 0 Å². The van der Waals surface area contributed by atoms with Gasteiger partial charge >= 0.3 is 0 Å². The van der Waals surface area contributed by atoms with Crippen molar-refractivity contribution in [2.75, 3.05) is 6.17 Å². The van der Waals surface area contributed by atoms with Crippen molar-refractivity contribution < 1.29 is 4.12 Å². The molecule has 1 atom stereocenters. The molecule has 1 unspecified atom stereocenters. The highest BCUT2D eigenvalue weighted by molar-refractivity contribution is 14.1. The third kappa shape index (κ3) is 5.75. The normalized spacial score (nSPS) is 16.9. The molecule has 0 aliphatic heterocycles. The number of rotatable bonds is 7. The van der Waals surface area contributed by atoms with Gasteiger partial charge in [0.25, 0.3) is 0 Å². The average molecular weight is 374 g/mol. The maximum Gasteiger partial charge on any atom is 0.245 e. The van der Waals surface area contributed by atoms with Crippen molar-refractivity contribution in [2.24, 2.45) is 0 Å². The Morgan fingerprint density at radius 1 is 1.47 bits per heavy atom. The molecular weight excluding hydrogens is 351 g/mol. The zero-order valence-electron chi connectivity index (χ0n) is 10.4. The lowest BCUT2D eigenvalue weighted by Crippen LogP contribution is -2.66. The summed E-state index contributed by atoms with van der Waals surface area (Å²) >= 11 is 2.21. The minimum Gasteiger partial charge on any atom is -0.451 e. The fraction of sp³-hybridized carbons (Fsp3) is 0.750. The lowest BCUT2D eigenvalue weighted by atomic mass is 10.8. The van der Waals surface area contributed by atoms with Crippen LogP contribution in [0.2, 0.25) is 26.2 Å². The van der Waals surface area contributed by atoms with Gasteiger partial charge in [0, 0.05) is 29.0 Å². The molecule has 0 saturated heterocycles. The van der Waals surface area contributed by atoms with Gasteiger partial charge in [-0.1, -0.05) is 18.3 Å². The summed E-state index contributed by atoms with van der Waals surface area (Å²) < 4.78 is 13.0. The molecule has 0 bridgehead atoms. The summed E-state index contributed by atoms with van der Waals surface area (Å²) in [5.74, 6) is 0. The molecular formula is C8H23IN2OSi3. The Morgan fingerprint density at radius 2 is 2.00 bits per heavy atom. The van der Waals surface area contributed by atoms with Gasteiger partial charge in [0.2, 0.25) is 8.48 Å². The number of allylic oxidation sites excluding steroid dienone is 1. The topological polar surface area (TPSA) is 33.3 Å². The first-order valence-electron chi connectivity index (χ1n) is 5.20. The molecule has 0 aromatic carbocycles. The van der Waals surface area contributed by atoms with Crippen molar-refractivity contribution in [1.82, 2.24) is 8.18 Å². The fourth-order valence-corrected chi connectivity index (χ4v) is 14.7. The first kappa shape index (κ1) is 16.0. The van der Waals surface area contributed by atoms with Gasteiger partial charge in [0.15, 0.2) is 8.24 Å². The van der Waals surface area contributed by atoms with Gasteiger partial charge < -0.3 is 8.76 Å². The first-order chi connectivity index (χ1) is 6.77. The minimum absolute atomic E-state index is 0.328. The minimum atomic E-state index is -1.67. The van der Waals surface area contributed by atoms with E-state index in [0.717, 1.165) is 6.17 Å². The monoisotopic (exact) mass is 374 g/mol. The Hall–Kier alpha value is 1.00. The highest BCUT2D eigenvalue weighted by atomic mass is 127. The van der Waals surface area contributed by atoms with Crippen molar-refractivity contribution in [3.8, 4) is 0 Å². The van der Waals surface area contributed by atoms with Gasteiger partial charge in [-0.3, -0.25) is 3.53 Å². The molecule has 0 spiro atoms. The van der Waals surface area contributed by atoms with Crippen molar-refractivity contribution in [3.05, 3.63) is 11.8 Å². The summed E-state index contributed by atoms with van der Waals surface area (Å²) in [5, 5.41) is 1.29. The number of hydrogen-bond donors (Lipinski definition) is 2. The van der Waals surface area contributed by atoms with E-state index in [0.29, 0.717) is 0 Å². The van der Waals surface area contributed by atoms with Gasteiger partial charge in [-0.05, 0) is 20.0 Å². The van der Waals surface area contributed by atoms with E-state index >= 15 is 0 Å². The summed E-state index contributed by atoms with van der Waals surface area (Å²) in [4.78, 5) is 0. The molecule has 0 aliphatic carbocycles. The third-order valence-electron chi connectivity index (χ3n) is 2.44. The molecule has 0 rings (SSSR count). The summed E-state index contributed by atoms with van der Waals surface area (Å²) in [6.45, 7) is 15.2. The van der Waals surface area contributed by atoms with E-state index in [1.807, 2.05) is 0 Å². The molecule has 15 heavy (non-hydrogen) atoms. The molecule has 0 aromatic rings. The SMILES string of the molecule is C=C(C)[Si](C)(CNI)N[Si](C)(C)O[SiH2]C. The number of halogens is 1. The molecule has 2 N–H and O–H groups in total. The number of hydrogen-bond acceptors (Lipinski definition) is 3.